The van der Waals surface area contributed by atoms with Gasteiger partial charge >= 0.3 is 12.2 Å². The van der Waals surface area contributed by atoms with Crippen LogP contribution in [-0.2, 0) is 11.0 Å². The lowest BCUT2D eigenvalue weighted by molar-refractivity contribution is -0.137. The number of rotatable bonds is 2. The molecule has 30 heavy (non-hydrogen) atoms. The Kier molecular flexibility index (Phi) is 5.13. The lowest BCUT2D eigenvalue weighted by Crippen LogP contribution is -2.48. The fraction of sp³-hybridized carbons (Fsp3) is 0.333. The van der Waals surface area contributed by atoms with Crippen LogP contribution in [0.3, 0.4) is 0 Å². The molecule has 2 heterocycles. The summed E-state index contributed by atoms with van der Waals surface area (Å²) in [4.78, 5) is 19.6. The first-order valence-electron chi connectivity index (χ1n) is 9.49. The van der Waals surface area contributed by atoms with Crippen molar-refractivity contribution in [1.82, 2.24) is 4.90 Å². The van der Waals surface area contributed by atoms with Crippen LogP contribution in [0.4, 0.5) is 28.0 Å². The van der Waals surface area contributed by atoms with E-state index in [1.165, 1.54) is 24.3 Å². The zero-order chi connectivity index (χ0) is 21.4. The summed E-state index contributed by atoms with van der Waals surface area (Å²) in [7, 11) is 0. The van der Waals surface area contributed by atoms with E-state index in [1.54, 1.807) is 17.0 Å². The third kappa shape index (κ3) is 4.10. The Morgan fingerprint density at radius 1 is 1.07 bits per heavy atom. The Hall–Kier alpha value is -3.10. The number of hydrogen-bond acceptors (Lipinski definition) is 3. The maximum atomic E-state index is 13.7. The second-order valence-electron chi connectivity index (χ2n) is 7.46. The number of carbonyl (C=O) groups is 1. The van der Waals surface area contributed by atoms with E-state index in [1.807, 2.05) is 0 Å². The molecule has 5 nitrogen and oxygen atoms in total. The molecule has 0 radical (unpaired) electrons. The van der Waals surface area contributed by atoms with Crippen molar-refractivity contribution in [2.24, 2.45) is 5.16 Å². The van der Waals surface area contributed by atoms with Crippen LogP contribution in [0.2, 0.25) is 0 Å². The fourth-order valence-corrected chi connectivity index (χ4v) is 3.67. The minimum absolute atomic E-state index is 0.118. The molecular weight excluding hydrogens is 402 g/mol. The molecule has 1 saturated heterocycles. The average molecular weight is 421 g/mol. The highest BCUT2D eigenvalue weighted by atomic mass is 19.4. The number of urea groups is 1. The second-order valence-corrected chi connectivity index (χ2v) is 7.46. The number of carbonyl (C=O) groups excluding carboxylic acids is 1. The molecule has 0 saturated carbocycles. The molecule has 9 heteroatoms. The summed E-state index contributed by atoms with van der Waals surface area (Å²) in [6.45, 7) is 0.798. The normalized spacial score (nSPS) is 18.1. The molecule has 0 bridgehead atoms. The molecule has 2 aliphatic rings. The van der Waals surface area contributed by atoms with Gasteiger partial charge in [0, 0.05) is 32.4 Å². The number of para-hydroxylation sites is 1. The van der Waals surface area contributed by atoms with Crippen molar-refractivity contribution in [3.05, 3.63) is 65.5 Å². The summed E-state index contributed by atoms with van der Waals surface area (Å²) in [5.74, 6) is -0.506. The van der Waals surface area contributed by atoms with E-state index in [-0.39, 0.29) is 5.69 Å². The van der Waals surface area contributed by atoms with Gasteiger partial charge in [-0.1, -0.05) is 29.4 Å². The average Bonchev–Trinajstić information content (AvgIpc) is 3.13. The first kappa shape index (κ1) is 20.2. The van der Waals surface area contributed by atoms with E-state index < -0.39 is 29.2 Å². The standard InChI is InChI=1S/C21H19F4N3O2/c22-16-3-1-2-4-17(16)26-19(29)28-11-9-20(10-12-28)13-18(27-30-20)14-5-7-15(8-6-14)21(23,24)25/h1-8H,9-13H2,(H,26,29). The van der Waals surface area contributed by atoms with Gasteiger partial charge in [-0.25, -0.2) is 9.18 Å². The van der Waals surface area contributed by atoms with E-state index in [4.69, 9.17) is 4.84 Å². The van der Waals surface area contributed by atoms with Gasteiger partial charge in [-0.2, -0.15) is 13.2 Å². The fourth-order valence-electron chi connectivity index (χ4n) is 3.67. The predicted molar refractivity (Wildman–Crippen MR) is 103 cm³/mol. The van der Waals surface area contributed by atoms with E-state index in [2.05, 4.69) is 10.5 Å². The number of oxime groups is 1. The molecule has 2 aromatic carbocycles. The molecule has 0 unspecified atom stereocenters. The van der Waals surface area contributed by atoms with Crippen LogP contribution in [0.25, 0.3) is 0 Å². The molecule has 4 rings (SSSR count). The Morgan fingerprint density at radius 2 is 1.73 bits per heavy atom. The van der Waals surface area contributed by atoms with Crippen molar-refractivity contribution in [3.8, 4) is 0 Å². The SMILES string of the molecule is O=C(Nc1ccccc1F)N1CCC2(CC1)CC(c1ccc(C(F)(F)F)cc1)=NO2. The lowest BCUT2D eigenvalue weighted by atomic mass is 9.85. The zero-order valence-corrected chi connectivity index (χ0v) is 15.9. The topological polar surface area (TPSA) is 53.9 Å². The maximum Gasteiger partial charge on any atom is 0.416 e. The monoisotopic (exact) mass is 421 g/mol. The van der Waals surface area contributed by atoms with Crippen LogP contribution >= 0.6 is 0 Å². The Bertz CT molecular complexity index is 965. The van der Waals surface area contributed by atoms with Crippen LogP contribution in [0, 0.1) is 5.82 Å². The minimum Gasteiger partial charge on any atom is -0.388 e. The molecule has 2 aromatic rings. The smallest absolute Gasteiger partial charge is 0.388 e. The van der Waals surface area contributed by atoms with Gasteiger partial charge in [0.1, 0.15) is 11.4 Å². The zero-order valence-electron chi connectivity index (χ0n) is 15.9. The number of likely N-dealkylation sites (tertiary alicyclic amines) is 1. The number of halogens is 4. The number of anilines is 1. The van der Waals surface area contributed by atoms with Gasteiger partial charge < -0.3 is 15.1 Å². The van der Waals surface area contributed by atoms with Crippen molar-refractivity contribution in [2.75, 3.05) is 18.4 Å². The highest BCUT2D eigenvalue weighted by Gasteiger charge is 2.43. The molecular formula is C21H19F4N3O2. The lowest BCUT2D eigenvalue weighted by Gasteiger charge is -2.37. The van der Waals surface area contributed by atoms with Crippen molar-refractivity contribution in [1.29, 1.82) is 0 Å². The van der Waals surface area contributed by atoms with E-state index >= 15 is 0 Å². The van der Waals surface area contributed by atoms with Crippen molar-refractivity contribution >= 4 is 17.4 Å². The molecule has 2 aliphatic heterocycles. The van der Waals surface area contributed by atoms with Gasteiger partial charge in [0.25, 0.3) is 0 Å². The van der Waals surface area contributed by atoms with Crippen LogP contribution in [0.15, 0.2) is 53.7 Å². The number of hydrogen-bond donors (Lipinski definition) is 1. The van der Waals surface area contributed by atoms with E-state index in [0.29, 0.717) is 43.6 Å². The molecule has 0 aromatic heterocycles. The first-order chi connectivity index (χ1) is 14.3. The Balaban J connectivity index is 1.34. The number of nitrogens with one attached hydrogen (secondary N) is 1. The van der Waals surface area contributed by atoms with Crippen molar-refractivity contribution in [2.45, 2.75) is 31.0 Å². The molecule has 2 amide bonds. The number of alkyl halides is 3. The number of piperidine rings is 1. The minimum atomic E-state index is -4.39. The van der Waals surface area contributed by atoms with E-state index in [0.717, 1.165) is 12.1 Å². The molecule has 1 fully saturated rings. The molecule has 1 spiro atoms. The predicted octanol–water partition coefficient (Wildman–Crippen LogP) is 5.04. The van der Waals surface area contributed by atoms with Crippen LogP contribution in [0.5, 0.6) is 0 Å². The maximum absolute atomic E-state index is 13.7. The van der Waals surface area contributed by atoms with Crippen LogP contribution in [-0.4, -0.2) is 35.3 Å². The van der Waals surface area contributed by atoms with Gasteiger partial charge in [-0.05, 0) is 29.8 Å². The molecule has 0 atom stereocenters. The van der Waals surface area contributed by atoms with Crippen molar-refractivity contribution < 1.29 is 27.2 Å². The highest BCUT2D eigenvalue weighted by Crippen LogP contribution is 2.37. The summed E-state index contributed by atoms with van der Waals surface area (Å²) < 4.78 is 51.9. The Labute approximate surface area is 170 Å². The van der Waals surface area contributed by atoms with Gasteiger partial charge in [-0.3, -0.25) is 0 Å². The number of nitrogens with zero attached hydrogens (tertiary/aromatic N) is 2. The largest absolute Gasteiger partial charge is 0.416 e. The number of amides is 2. The molecule has 1 N–H and O–H groups in total. The third-order valence-corrected chi connectivity index (χ3v) is 5.46. The summed E-state index contributed by atoms with van der Waals surface area (Å²) in [5, 5.41) is 6.65. The van der Waals surface area contributed by atoms with Crippen LogP contribution in [0.1, 0.15) is 30.4 Å². The third-order valence-electron chi connectivity index (χ3n) is 5.46. The van der Waals surface area contributed by atoms with Crippen molar-refractivity contribution in [3.63, 3.8) is 0 Å². The van der Waals surface area contributed by atoms with E-state index in [9.17, 15) is 22.4 Å². The second kappa shape index (κ2) is 7.62. The quantitative estimate of drug-likeness (QED) is 0.691. The van der Waals surface area contributed by atoms with Gasteiger partial charge in [-0.15, -0.1) is 0 Å². The molecule has 158 valence electrons. The number of benzene rings is 2. The highest BCUT2D eigenvalue weighted by molar-refractivity contribution is 6.01. The first-order valence-corrected chi connectivity index (χ1v) is 9.49. The van der Waals surface area contributed by atoms with Gasteiger partial charge in [0.05, 0.1) is 17.0 Å². The summed E-state index contributed by atoms with van der Waals surface area (Å²) in [5.41, 5.74) is 0.00218. The summed E-state index contributed by atoms with van der Waals surface area (Å²) >= 11 is 0. The Morgan fingerprint density at radius 3 is 2.37 bits per heavy atom. The van der Waals surface area contributed by atoms with Crippen LogP contribution < -0.4 is 5.32 Å². The van der Waals surface area contributed by atoms with Gasteiger partial charge in [0.2, 0.25) is 0 Å². The summed E-state index contributed by atoms with van der Waals surface area (Å²) in [6.07, 6.45) is -2.89. The summed E-state index contributed by atoms with van der Waals surface area (Å²) in [6, 6.07) is 10.4. The van der Waals surface area contributed by atoms with Gasteiger partial charge in [0.15, 0.2) is 0 Å². The molecule has 0 aliphatic carbocycles.